The fourth-order valence-corrected chi connectivity index (χ4v) is 1.25. The maximum absolute atomic E-state index is 12.6. The maximum atomic E-state index is 12.6. The lowest BCUT2D eigenvalue weighted by Gasteiger charge is -2.16. The number of hydrogen-bond donors (Lipinski definition) is 1. The Morgan fingerprint density at radius 3 is 2.81 bits per heavy atom. The van der Waals surface area contributed by atoms with E-state index in [1.807, 2.05) is 6.92 Å². The van der Waals surface area contributed by atoms with Gasteiger partial charge in [-0.3, -0.25) is 0 Å². The van der Waals surface area contributed by atoms with Crippen LogP contribution in [0.2, 0.25) is 0 Å². The highest BCUT2D eigenvalue weighted by Crippen LogP contribution is 2.04. The number of nitrogens with zero attached hydrogens (tertiary/aromatic N) is 2. The molecule has 1 aromatic rings. The molecular formula is C11H12FN3O. The third kappa shape index (κ3) is 2.79. The lowest BCUT2D eigenvalue weighted by atomic mass is 10.2. The molecule has 0 spiro atoms. The zero-order chi connectivity index (χ0) is 11.4. The highest BCUT2D eigenvalue weighted by molar-refractivity contribution is 5.84. The lowest BCUT2D eigenvalue weighted by molar-refractivity contribution is 0.272. The van der Waals surface area contributed by atoms with Crippen molar-refractivity contribution in [3.05, 3.63) is 35.6 Å². The molecule has 1 atom stereocenters. The molecule has 0 bridgehead atoms. The largest absolute Gasteiger partial charge is 0.460 e. The Hall–Kier alpha value is -1.91. The van der Waals surface area contributed by atoms with Crippen molar-refractivity contribution in [3.8, 4) is 0 Å². The van der Waals surface area contributed by atoms with Gasteiger partial charge >= 0.3 is 0 Å². The minimum absolute atomic E-state index is 0.0271. The monoisotopic (exact) mass is 221 g/mol. The molecule has 4 nitrogen and oxygen atoms in total. The van der Waals surface area contributed by atoms with Gasteiger partial charge in [-0.2, -0.15) is 4.99 Å². The number of ether oxygens (including phenoxy) is 1. The van der Waals surface area contributed by atoms with Crippen LogP contribution in [0.25, 0.3) is 0 Å². The van der Waals surface area contributed by atoms with Gasteiger partial charge in [0.05, 0.1) is 0 Å². The predicted octanol–water partition coefficient (Wildman–Crippen LogP) is 1.68. The molecule has 1 unspecified atom stereocenters. The summed E-state index contributed by atoms with van der Waals surface area (Å²) in [5.74, 6) is -0.252. The lowest BCUT2D eigenvalue weighted by Crippen LogP contribution is -2.35. The number of aliphatic imine (C=N–C) groups is 2. The molecule has 1 aliphatic rings. The second kappa shape index (κ2) is 4.74. The zero-order valence-electron chi connectivity index (χ0n) is 8.85. The van der Waals surface area contributed by atoms with Crippen LogP contribution < -0.4 is 5.32 Å². The first-order chi connectivity index (χ1) is 7.74. The van der Waals surface area contributed by atoms with Crippen LogP contribution in [0.1, 0.15) is 12.5 Å². The highest BCUT2D eigenvalue weighted by Gasteiger charge is 2.08. The van der Waals surface area contributed by atoms with Crippen LogP contribution in [-0.2, 0) is 11.3 Å². The Labute approximate surface area is 92.9 Å². The van der Waals surface area contributed by atoms with Crippen LogP contribution in [0.5, 0.6) is 0 Å². The number of amidine groups is 1. The third-order valence-electron chi connectivity index (χ3n) is 2.09. The van der Waals surface area contributed by atoms with Gasteiger partial charge in [-0.1, -0.05) is 12.1 Å². The minimum atomic E-state index is -0.252. The summed E-state index contributed by atoms with van der Waals surface area (Å²) in [6, 6.07) is 6.59. The molecule has 0 radical (unpaired) electrons. The molecule has 2 rings (SSSR count). The number of halogens is 1. The van der Waals surface area contributed by atoms with Crippen molar-refractivity contribution in [2.45, 2.75) is 19.7 Å². The Morgan fingerprint density at radius 1 is 1.38 bits per heavy atom. The minimum Gasteiger partial charge on any atom is -0.460 e. The van der Waals surface area contributed by atoms with E-state index in [1.165, 1.54) is 18.5 Å². The summed E-state index contributed by atoms with van der Waals surface area (Å²) in [7, 11) is 0. The Balaban J connectivity index is 1.90. The standard InChI is InChI=1S/C11H12FN3O/c1-8-13-7-14-11(15-8)16-6-9-2-4-10(12)5-3-9/h2-5,7-8H,6H2,1H3,(H,13,14,15). The van der Waals surface area contributed by atoms with E-state index in [1.54, 1.807) is 12.1 Å². The van der Waals surface area contributed by atoms with E-state index in [0.717, 1.165) is 5.56 Å². The molecule has 1 aliphatic heterocycles. The van der Waals surface area contributed by atoms with Crippen molar-refractivity contribution >= 4 is 12.4 Å². The Morgan fingerprint density at radius 2 is 2.12 bits per heavy atom. The van der Waals surface area contributed by atoms with Crippen LogP contribution in [0.4, 0.5) is 4.39 Å². The summed E-state index contributed by atoms with van der Waals surface area (Å²) < 4.78 is 18.0. The van der Waals surface area contributed by atoms with Crippen molar-refractivity contribution in [2.24, 2.45) is 9.98 Å². The first-order valence-electron chi connectivity index (χ1n) is 4.97. The van der Waals surface area contributed by atoms with Crippen LogP contribution in [0, 0.1) is 5.82 Å². The van der Waals surface area contributed by atoms with Crippen LogP contribution >= 0.6 is 0 Å². The van der Waals surface area contributed by atoms with Gasteiger partial charge in [0, 0.05) is 0 Å². The van der Waals surface area contributed by atoms with Crippen molar-refractivity contribution in [2.75, 3.05) is 0 Å². The van der Waals surface area contributed by atoms with Crippen molar-refractivity contribution in [1.29, 1.82) is 0 Å². The molecule has 0 aliphatic carbocycles. The second-order valence-corrected chi connectivity index (χ2v) is 3.43. The summed E-state index contributed by atoms with van der Waals surface area (Å²) in [5.41, 5.74) is 0.890. The first kappa shape index (κ1) is 10.6. The Kier molecular flexibility index (Phi) is 3.14. The molecule has 1 heterocycles. The third-order valence-corrected chi connectivity index (χ3v) is 2.09. The van der Waals surface area contributed by atoms with E-state index < -0.39 is 0 Å². The van der Waals surface area contributed by atoms with E-state index in [4.69, 9.17) is 4.74 Å². The molecule has 1 aromatic carbocycles. The van der Waals surface area contributed by atoms with Gasteiger partial charge in [0.2, 0.25) is 0 Å². The average Bonchev–Trinajstić information content (AvgIpc) is 2.28. The summed E-state index contributed by atoms with van der Waals surface area (Å²) in [6.07, 6.45) is 1.43. The van der Waals surface area contributed by atoms with E-state index in [2.05, 4.69) is 15.3 Å². The van der Waals surface area contributed by atoms with Crippen molar-refractivity contribution in [3.63, 3.8) is 0 Å². The van der Waals surface area contributed by atoms with Gasteiger partial charge < -0.3 is 10.1 Å². The second-order valence-electron chi connectivity index (χ2n) is 3.43. The summed E-state index contributed by atoms with van der Waals surface area (Å²) >= 11 is 0. The van der Waals surface area contributed by atoms with Gasteiger partial charge in [-0.05, 0) is 24.6 Å². The molecule has 16 heavy (non-hydrogen) atoms. The molecule has 0 saturated heterocycles. The summed E-state index contributed by atoms with van der Waals surface area (Å²) in [4.78, 5) is 7.92. The number of nitrogens with one attached hydrogen (secondary N) is 1. The fourth-order valence-electron chi connectivity index (χ4n) is 1.25. The molecule has 84 valence electrons. The van der Waals surface area contributed by atoms with Gasteiger partial charge in [0.25, 0.3) is 6.02 Å². The molecule has 0 saturated carbocycles. The SMILES string of the molecule is CC1N=CN=C(OCc2ccc(F)cc2)N1. The van der Waals surface area contributed by atoms with Crippen molar-refractivity contribution in [1.82, 2.24) is 5.32 Å². The van der Waals surface area contributed by atoms with Gasteiger partial charge in [0.1, 0.15) is 24.9 Å². The number of rotatable bonds is 2. The van der Waals surface area contributed by atoms with Gasteiger partial charge in [-0.15, -0.1) is 0 Å². The van der Waals surface area contributed by atoms with Crippen molar-refractivity contribution < 1.29 is 9.13 Å². The molecule has 5 heteroatoms. The Bertz CT molecular complexity index is 414. The molecule has 1 N–H and O–H groups in total. The average molecular weight is 221 g/mol. The molecule has 0 amide bonds. The molecule has 0 fully saturated rings. The number of benzene rings is 1. The van der Waals surface area contributed by atoms with Crippen LogP contribution in [0.3, 0.4) is 0 Å². The zero-order valence-corrected chi connectivity index (χ0v) is 8.85. The van der Waals surface area contributed by atoms with E-state index in [0.29, 0.717) is 12.6 Å². The van der Waals surface area contributed by atoms with E-state index >= 15 is 0 Å². The molecule has 0 aromatic heterocycles. The van der Waals surface area contributed by atoms with Crippen LogP contribution in [-0.4, -0.2) is 18.5 Å². The maximum Gasteiger partial charge on any atom is 0.292 e. The normalized spacial score (nSPS) is 18.9. The summed E-state index contributed by atoms with van der Waals surface area (Å²) in [6.45, 7) is 2.25. The topological polar surface area (TPSA) is 46.0 Å². The number of hydrogen-bond acceptors (Lipinski definition) is 4. The van der Waals surface area contributed by atoms with Gasteiger partial charge in [-0.25, -0.2) is 9.38 Å². The van der Waals surface area contributed by atoms with Gasteiger partial charge in [0.15, 0.2) is 0 Å². The first-order valence-corrected chi connectivity index (χ1v) is 4.97. The van der Waals surface area contributed by atoms with Crippen LogP contribution in [0.15, 0.2) is 34.3 Å². The highest BCUT2D eigenvalue weighted by atomic mass is 19.1. The smallest absolute Gasteiger partial charge is 0.292 e. The molecular weight excluding hydrogens is 209 g/mol. The van der Waals surface area contributed by atoms with E-state index in [-0.39, 0.29) is 12.0 Å². The fraction of sp³-hybridized carbons (Fsp3) is 0.273. The quantitative estimate of drug-likeness (QED) is 0.825. The summed E-state index contributed by atoms with van der Waals surface area (Å²) in [5, 5.41) is 2.95. The predicted molar refractivity (Wildman–Crippen MR) is 59.7 cm³/mol. The van der Waals surface area contributed by atoms with E-state index in [9.17, 15) is 4.39 Å².